The summed E-state index contributed by atoms with van der Waals surface area (Å²) in [5, 5.41) is 11.2. The molecule has 0 unspecified atom stereocenters. The molecule has 3 aliphatic carbocycles. The minimum atomic E-state index is -0.477. The topological polar surface area (TPSA) is 58.1 Å². The first kappa shape index (κ1) is 28.4. The number of phenols is 1. The van der Waals surface area contributed by atoms with Gasteiger partial charge in [-0.2, -0.15) is 0 Å². The van der Waals surface area contributed by atoms with Gasteiger partial charge in [0.25, 0.3) is 0 Å². The van der Waals surface area contributed by atoms with Crippen molar-refractivity contribution in [3.63, 3.8) is 0 Å². The van der Waals surface area contributed by atoms with Crippen molar-refractivity contribution >= 4 is 5.69 Å². The number of hydrogen-bond donors (Lipinski definition) is 1. The lowest BCUT2D eigenvalue weighted by molar-refractivity contribution is -0.205. The van der Waals surface area contributed by atoms with Gasteiger partial charge in [0.05, 0.1) is 11.1 Å². The number of benzene rings is 3. The maximum Gasteiger partial charge on any atom is 0.166 e. The summed E-state index contributed by atoms with van der Waals surface area (Å²) in [6.45, 7) is 2.86. The van der Waals surface area contributed by atoms with Crippen molar-refractivity contribution in [1.29, 1.82) is 0 Å². The maximum atomic E-state index is 11.2. The summed E-state index contributed by atoms with van der Waals surface area (Å²) in [7, 11) is 4.14. The smallest absolute Gasteiger partial charge is 0.166 e. The molecule has 46 heavy (non-hydrogen) atoms. The second-order valence-corrected chi connectivity index (χ2v) is 14.5. The number of piperidine rings is 1. The van der Waals surface area contributed by atoms with E-state index in [2.05, 4.69) is 90.6 Å². The Morgan fingerprint density at radius 2 is 1.83 bits per heavy atom. The molecule has 4 atom stereocenters. The average Bonchev–Trinajstić information content (AvgIpc) is 3.82. The van der Waals surface area contributed by atoms with E-state index in [4.69, 9.17) is 14.5 Å². The third-order valence-corrected chi connectivity index (χ3v) is 11.7. The minimum absolute atomic E-state index is 0.235. The summed E-state index contributed by atoms with van der Waals surface area (Å²) in [5.41, 5.74) is 8.67. The molecule has 1 saturated carbocycles. The second-order valence-electron chi connectivity index (χ2n) is 14.5. The van der Waals surface area contributed by atoms with Crippen LogP contribution in [0.25, 0.3) is 11.1 Å². The van der Waals surface area contributed by atoms with Crippen LogP contribution in [0.5, 0.6) is 11.5 Å². The number of aromatic nitrogens is 1. The Hall–Kier alpha value is -3.87. The zero-order valence-electron chi connectivity index (χ0n) is 26.9. The molecule has 236 valence electrons. The largest absolute Gasteiger partial charge is 0.504 e. The summed E-state index contributed by atoms with van der Waals surface area (Å²) in [6, 6.07) is 26.1. The molecule has 5 aliphatic rings. The Bertz CT molecular complexity index is 1790. The molecule has 2 aliphatic heterocycles. The van der Waals surface area contributed by atoms with E-state index in [0.29, 0.717) is 12.4 Å². The van der Waals surface area contributed by atoms with Crippen LogP contribution in [0.4, 0.5) is 5.69 Å². The summed E-state index contributed by atoms with van der Waals surface area (Å²) in [4.78, 5) is 10.1. The summed E-state index contributed by atoms with van der Waals surface area (Å²) in [6.07, 6.45) is 9.01. The highest BCUT2D eigenvalue weighted by molar-refractivity contribution is 5.69. The Labute approximate surface area is 272 Å². The minimum Gasteiger partial charge on any atom is -0.504 e. The Balaban J connectivity index is 1.17. The predicted molar refractivity (Wildman–Crippen MR) is 181 cm³/mol. The normalized spacial score (nSPS) is 27.1. The van der Waals surface area contributed by atoms with E-state index in [9.17, 15) is 5.11 Å². The second kappa shape index (κ2) is 10.6. The monoisotopic (exact) mass is 613 g/mol. The summed E-state index contributed by atoms with van der Waals surface area (Å²) < 4.78 is 14.4. The van der Waals surface area contributed by atoms with Gasteiger partial charge in [-0.05, 0) is 97.5 Å². The lowest BCUT2D eigenvalue weighted by atomic mass is 9.48. The molecule has 9 rings (SSSR count). The summed E-state index contributed by atoms with van der Waals surface area (Å²) >= 11 is 0. The first-order valence-electron chi connectivity index (χ1n) is 17.2. The van der Waals surface area contributed by atoms with Gasteiger partial charge in [0.15, 0.2) is 17.6 Å². The standard InChI is InChI=1S/C40H43N3O3/c1-42(2)32-15-12-28(13-16-32)31-21-30-23-40(45-20-6-9-26-7-4-3-5-8-26)34-22-29-14-17-33(44)37-35(29)39(40,38(46-37)36(30)41-24-31)18-19-43(34)25-27-10-11-27/h3-5,7-8,12-17,21,24,27,34,38,44H,6,9-11,18-20,22-23,25H2,1-2H3/t34-,38+,39+,40-/m1/s1. The van der Waals surface area contributed by atoms with Crippen molar-refractivity contribution in [2.24, 2.45) is 5.92 Å². The van der Waals surface area contributed by atoms with Gasteiger partial charge in [0, 0.05) is 62.7 Å². The van der Waals surface area contributed by atoms with E-state index >= 15 is 0 Å². The third kappa shape index (κ3) is 4.19. The molecular weight excluding hydrogens is 570 g/mol. The van der Waals surface area contributed by atoms with Gasteiger partial charge in [0.1, 0.15) is 5.60 Å². The molecule has 2 fully saturated rings. The van der Waals surface area contributed by atoms with E-state index in [1.807, 2.05) is 12.3 Å². The Morgan fingerprint density at radius 1 is 1.00 bits per heavy atom. The fourth-order valence-electron chi connectivity index (χ4n) is 9.37. The van der Waals surface area contributed by atoms with E-state index < -0.39 is 5.60 Å². The number of aryl methyl sites for hydroxylation is 1. The van der Waals surface area contributed by atoms with Crippen molar-refractivity contribution in [3.8, 4) is 22.6 Å². The quantitative estimate of drug-likeness (QED) is 0.208. The average molecular weight is 614 g/mol. The molecule has 6 nitrogen and oxygen atoms in total. The molecule has 4 aromatic rings. The molecule has 6 heteroatoms. The highest BCUT2D eigenvalue weighted by Crippen LogP contribution is 2.69. The van der Waals surface area contributed by atoms with E-state index in [1.54, 1.807) is 0 Å². The lowest BCUT2D eigenvalue weighted by Crippen LogP contribution is -2.75. The van der Waals surface area contributed by atoms with Crippen LogP contribution in [0.1, 0.15) is 59.7 Å². The number of anilines is 1. The fourth-order valence-corrected chi connectivity index (χ4v) is 9.37. The van der Waals surface area contributed by atoms with Gasteiger partial charge in [-0.15, -0.1) is 0 Å². The summed E-state index contributed by atoms with van der Waals surface area (Å²) in [5.74, 6) is 1.69. The van der Waals surface area contributed by atoms with Crippen molar-refractivity contribution in [2.45, 2.75) is 68.1 Å². The van der Waals surface area contributed by atoms with Crippen molar-refractivity contribution in [1.82, 2.24) is 9.88 Å². The molecule has 1 spiro atoms. The Kier molecular flexibility index (Phi) is 6.52. The molecule has 3 heterocycles. The third-order valence-electron chi connectivity index (χ3n) is 11.7. The molecule has 1 N–H and O–H groups in total. The number of hydrogen-bond acceptors (Lipinski definition) is 6. The fraction of sp³-hybridized carbons (Fsp3) is 0.425. The van der Waals surface area contributed by atoms with Crippen LogP contribution in [0, 0.1) is 5.92 Å². The maximum absolute atomic E-state index is 11.2. The highest BCUT2D eigenvalue weighted by atomic mass is 16.5. The van der Waals surface area contributed by atoms with Crippen LogP contribution in [-0.4, -0.2) is 60.4 Å². The molecule has 0 radical (unpaired) electrons. The first-order valence-corrected chi connectivity index (χ1v) is 17.2. The first-order chi connectivity index (χ1) is 22.5. The van der Waals surface area contributed by atoms with Gasteiger partial charge in [0.2, 0.25) is 0 Å². The molecular formula is C40H43N3O3. The lowest BCUT2D eigenvalue weighted by Gasteiger charge is -2.64. The van der Waals surface area contributed by atoms with Gasteiger partial charge in [-0.1, -0.05) is 48.5 Å². The molecule has 0 amide bonds. The van der Waals surface area contributed by atoms with Crippen LogP contribution in [-0.2, 0) is 29.4 Å². The SMILES string of the molecule is CN(C)c1ccc(-c2cnc3c(c2)C[C@@]2(OCCCc4ccccc4)[C@H]4Cc5ccc(O)c6c5[C@@]2(CCN4CC2CC2)[C@H]3O6)cc1. The van der Waals surface area contributed by atoms with Gasteiger partial charge in [-0.25, -0.2) is 0 Å². The van der Waals surface area contributed by atoms with E-state index in [-0.39, 0.29) is 23.3 Å². The van der Waals surface area contributed by atoms with E-state index in [0.717, 1.165) is 67.9 Å². The molecule has 2 bridgehead atoms. The number of pyridine rings is 1. The number of fused-ring (bicyclic) bond motifs is 2. The van der Waals surface area contributed by atoms with Gasteiger partial charge in [-0.3, -0.25) is 9.88 Å². The van der Waals surface area contributed by atoms with Crippen molar-refractivity contribution < 1.29 is 14.6 Å². The highest BCUT2D eigenvalue weighted by Gasteiger charge is 2.73. The van der Waals surface area contributed by atoms with Crippen LogP contribution in [0.3, 0.4) is 0 Å². The van der Waals surface area contributed by atoms with E-state index in [1.165, 1.54) is 40.8 Å². The Morgan fingerprint density at radius 3 is 2.61 bits per heavy atom. The number of phenolic OH excluding ortho intramolecular Hbond substituents is 1. The van der Waals surface area contributed by atoms with Crippen LogP contribution in [0.15, 0.2) is 79.0 Å². The van der Waals surface area contributed by atoms with Crippen molar-refractivity contribution in [2.75, 3.05) is 38.7 Å². The number of nitrogens with zero attached hydrogens (tertiary/aromatic N) is 3. The molecule has 1 aromatic heterocycles. The van der Waals surface area contributed by atoms with Crippen LogP contribution < -0.4 is 9.64 Å². The van der Waals surface area contributed by atoms with Gasteiger partial charge < -0.3 is 19.5 Å². The zero-order valence-corrected chi connectivity index (χ0v) is 26.9. The van der Waals surface area contributed by atoms with Crippen molar-refractivity contribution in [3.05, 3.63) is 107 Å². The number of aromatic hydroxyl groups is 1. The number of rotatable bonds is 9. The number of likely N-dealkylation sites (tertiary alicyclic amines) is 1. The van der Waals surface area contributed by atoms with Crippen LogP contribution in [0.2, 0.25) is 0 Å². The zero-order chi connectivity index (χ0) is 31.0. The predicted octanol–water partition coefficient (Wildman–Crippen LogP) is 6.88. The number of ether oxygens (including phenoxy) is 2. The van der Waals surface area contributed by atoms with Gasteiger partial charge >= 0.3 is 0 Å². The molecule has 1 saturated heterocycles. The molecule has 3 aromatic carbocycles. The van der Waals surface area contributed by atoms with Crippen LogP contribution >= 0.6 is 0 Å².